The van der Waals surface area contributed by atoms with Gasteiger partial charge in [-0.25, -0.2) is 4.98 Å². The highest BCUT2D eigenvalue weighted by atomic mass is 32.1. The normalized spacial score (nSPS) is 12.9. The van der Waals surface area contributed by atoms with E-state index in [1.165, 1.54) is 0 Å². The molecule has 0 aromatic carbocycles. The van der Waals surface area contributed by atoms with Crippen molar-refractivity contribution in [3.05, 3.63) is 45.3 Å². The molecule has 0 unspecified atom stereocenters. The second-order valence-corrected chi connectivity index (χ2v) is 5.46. The number of aryl methyl sites for hydroxylation is 1. The molecule has 0 fully saturated rings. The predicted molar refractivity (Wildman–Crippen MR) is 76.8 cm³/mol. The lowest BCUT2D eigenvalue weighted by Gasteiger charge is -2.14. The molecule has 0 spiro atoms. The summed E-state index contributed by atoms with van der Waals surface area (Å²) in [4.78, 5) is 17.7. The van der Waals surface area contributed by atoms with Crippen molar-refractivity contribution in [3.63, 3.8) is 0 Å². The molecule has 0 bridgehead atoms. The molecule has 3 aromatic heterocycles. The number of hydrogen-bond acceptors (Lipinski definition) is 5. The average molecular weight is 290 g/mol. The smallest absolute Gasteiger partial charge is 0.281 e. The summed E-state index contributed by atoms with van der Waals surface area (Å²) >= 11 is 1.61. The van der Waals surface area contributed by atoms with Gasteiger partial charge in [0.2, 0.25) is 0 Å². The van der Waals surface area contributed by atoms with Gasteiger partial charge in [-0.15, -0.1) is 11.3 Å². The first-order chi connectivity index (χ1) is 9.69. The highest BCUT2D eigenvalue weighted by Crippen LogP contribution is 2.23. The minimum atomic E-state index is -0.157. The van der Waals surface area contributed by atoms with Gasteiger partial charge in [-0.05, 0) is 11.4 Å². The molecule has 0 radical (unpaired) electrons. The molecule has 0 aliphatic rings. The van der Waals surface area contributed by atoms with E-state index in [-0.39, 0.29) is 11.7 Å². The summed E-state index contributed by atoms with van der Waals surface area (Å²) in [7, 11) is 3.41. The zero-order valence-corrected chi connectivity index (χ0v) is 12.0. The van der Waals surface area contributed by atoms with E-state index in [1.54, 1.807) is 47.3 Å². The van der Waals surface area contributed by atoms with Crippen LogP contribution in [0.3, 0.4) is 0 Å². The summed E-state index contributed by atoms with van der Waals surface area (Å²) in [6.45, 7) is 0.426. The highest BCUT2D eigenvalue weighted by molar-refractivity contribution is 7.10. The van der Waals surface area contributed by atoms with Gasteiger partial charge in [0.25, 0.3) is 5.56 Å². The molecule has 0 N–H and O–H groups in total. The first-order valence-corrected chi connectivity index (χ1v) is 7.02. The third kappa shape index (κ3) is 2.25. The van der Waals surface area contributed by atoms with Crippen molar-refractivity contribution >= 4 is 22.4 Å². The summed E-state index contributed by atoms with van der Waals surface area (Å²) < 4.78 is 8.61. The Bertz CT molecular complexity index is 775. The third-order valence-electron chi connectivity index (χ3n) is 3.12. The Labute approximate surface area is 119 Å². The molecule has 20 heavy (non-hydrogen) atoms. The molecule has 3 rings (SSSR count). The Hall–Kier alpha value is -1.99. The fourth-order valence-electron chi connectivity index (χ4n) is 2.11. The Morgan fingerprint density at radius 3 is 3.05 bits per heavy atom. The average Bonchev–Trinajstić information content (AvgIpc) is 3.07. The maximum absolute atomic E-state index is 12.4. The molecule has 104 valence electrons. The number of thiophene rings is 1. The van der Waals surface area contributed by atoms with Crippen LogP contribution in [0.15, 0.2) is 34.8 Å². The van der Waals surface area contributed by atoms with Crippen molar-refractivity contribution in [1.29, 1.82) is 0 Å². The SMILES string of the molecule is CO[C@@H](Cn1cnc2cn(C)nc2c1=O)c1cccs1. The van der Waals surface area contributed by atoms with Crippen LogP contribution in [-0.4, -0.2) is 26.4 Å². The lowest BCUT2D eigenvalue weighted by Crippen LogP contribution is -2.24. The largest absolute Gasteiger partial charge is 0.374 e. The fraction of sp³-hybridized carbons (Fsp3) is 0.308. The topological polar surface area (TPSA) is 61.9 Å². The lowest BCUT2D eigenvalue weighted by atomic mass is 10.3. The second kappa shape index (κ2) is 5.18. The Morgan fingerprint density at radius 1 is 1.50 bits per heavy atom. The van der Waals surface area contributed by atoms with Gasteiger partial charge in [-0.2, -0.15) is 5.10 Å². The standard InChI is InChI=1S/C13H14N4O2S/c1-16-6-9-12(15-16)13(18)17(8-14-9)7-10(19-2)11-4-3-5-20-11/h3-6,8,10H,7H2,1-2H3/t10-/m0/s1. The fourth-order valence-corrected chi connectivity index (χ4v) is 2.90. The van der Waals surface area contributed by atoms with Crippen molar-refractivity contribution in [2.24, 2.45) is 7.05 Å². The second-order valence-electron chi connectivity index (χ2n) is 4.48. The molecule has 6 nitrogen and oxygen atoms in total. The summed E-state index contributed by atoms with van der Waals surface area (Å²) in [5, 5.41) is 6.14. The summed E-state index contributed by atoms with van der Waals surface area (Å²) in [5.41, 5.74) is 0.851. The van der Waals surface area contributed by atoms with Gasteiger partial charge < -0.3 is 4.74 Å². The number of hydrogen-bond donors (Lipinski definition) is 0. The Kier molecular flexibility index (Phi) is 3.37. The van der Waals surface area contributed by atoms with E-state index >= 15 is 0 Å². The molecule has 7 heteroatoms. The van der Waals surface area contributed by atoms with Crippen LogP contribution in [0, 0.1) is 0 Å². The summed E-state index contributed by atoms with van der Waals surface area (Å²) in [5.74, 6) is 0. The molecule has 0 saturated carbocycles. The molecule has 0 amide bonds. The first-order valence-electron chi connectivity index (χ1n) is 6.14. The zero-order chi connectivity index (χ0) is 14.1. The third-order valence-corrected chi connectivity index (χ3v) is 4.08. The molecular weight excluding hydrogens is 276 g/mol. The highest BCUT2D eigenvalue weighted by Gasteiger charge is 2.15. The van der Waals surface area contributed by atoms with Crippen molar-refractivity contribution in [2.75, 3.05) is 7.11 Å². The zero-order valence-electron chi connectivity index (χ0n) is 11.2. The Balaban J connectivity index is 1.98. The number of aromatic nitrogens is 4. The van der Waals surface area contributed by atoms with Crippen LogP contribution in [0.2, 0.25) is 0 Å². The summed E-state index contributed by atoms with van der Waals surface area (Å²) in [6.07, 6.45) is 3.12. The molecule has 0 aliphatic carbocycles. The maximum atomic E-state index is 12.4. The maximum Gasteiger partial charge on any atom is 0.281 e. The van der Waals surface area contributed by atoms with Crippen LogP contribution in [0.25, 0.3) is 11.0 Å². The molecular formula is C13H14N4O2S. The number of ether oxygens (including phenoxy) is 1. The van der Waals surface area contributed by atoms with Gasteiger partial charge in [0, 0.05) is 19.0 Å². The van der Waals surface area contributed by atoms with E-state index in [4.69, 9.17) is 4.74 Å². The van der Waals surface area contributed by atoms with Crippen LogP contribution >= 0.6 is 11.3 Å². The van der Waals surface area contributed by atoms with E-state index in [1.807, 2.05) is 17.5 Å². The molecule has 1 atom stereocenters. The van der Waals surface area contributed by atoms with Gasteiger partial charge in [0.15, 0.2) is 5.52 Å². The van der Waals surface area contributed by atoms with Crippen LogP contribution < -0.4 is 5.56 Å². The first kappa shape index (κ1) is 13.0. The molecule has 0 saturated heterocycles. The van der Waals surface area contributed by atoms with Crippen molar-refractivity contribution in [2.45, 2.75) is 12.6 Å². The number of methoxy groups -OCH3 is 1. The van der Waals surface area contributed by atoms with Crippen molar-refractivity contribution < 1.29 is 4.74 Å². The molecule has 3 aromatic rings. The van der Waals surface area contributed by atoms with E-state index in [9.17, 15) is 4.79 Å². The molecule has 0 aliphatic heterocycles. The van der Waals surface area contributed by atoms with E-state index in [0.29, 0.717) is 17.6 Å². The van der Waals surface area contributed by atoms with Crippen LogP contribution in [0.1, 0.15) is 11.0 Å². The minimum Gasteiger partial charge on any atom is -0.374 e. The number of fused-ring (bicyclic) bond motifs is 1. The van der Waals surface area contributed by atoms with Gasteiger partial charge in [-0.3, -0.25) is 14.0 Å². The Morgan fingerprint density at radius 2 is 2.35 bits per heavy atom. The minimum absolute atomic E-state index is 0.144. The van der Waals surface area contributed by atoms with Crippen LogP contribution in [0.5, 0.6) is 0 Å². The van der Waals surface area contributed by atoms with Gasteiger partial charge in [0.05, 0.1) is 19.1 Å². The monoisotopic (exact) mass is 290 g/mol. The van der Waals surface area contributed by atoms with Crippen LogP contribution in [0.4, 0.5) is 0 Å². The van der Waals surface area contributed by atoms with Crippen molar-refractivity contribution in [1.82, 2.24) is 19.3 Å². The van der Waals surface area contributed by atoms with Gasteiger partial charge in [-0.1, -0.05) is 6.07 Å². The number of nitrogens with zero attached hydrogens (tertiary/aromatic N) is 4. The van der Waals surface area contributed by atoms with Gasteiger partial charge >= 0.3 is 0 Å². The number of rotatable bonds is 4. The molecule has 3 heterocycles. The van der Waals surface area contributed by atoms with E-state index < -0.39 is 0 Å². The van der Waals surface area contributed by atoms with E-state index in [0.717, 1.165) is 4.88 Å². The van der Waals surface area contributed by atoms with E-state index in [2.05, 4.69) is 10.1 Å². The summed E-state index contributed by atoms with van der Waals surface area (Å²) in [6, 6.07) is 3.96. The van der Waals surface area contributed by atoms with Crippen molar-refractivity contribution in [3.8, 4) is 0 Å². The predicted octanol–water partition coefficient (Wildman–Crippen LogP) is 1.58. The van der Waals surface area contributed by atoms with Crippen LogP contribution in [-0.2, 0) is 18.3 Å². The van der Waals surface area contributed by atoms with Gasteiger partial charge in [0.1, 0.15) is 11.6 Å². The lowest BCUT2D eigenvalue weighted by molar-refractivity contribution is 0.0897. The quantitative estimate of drug-likeness (QED) is 0.732.